The Hall–Kier alpha value is -2.62. The Balaban J connectivity index is 2.07. The average molecular weight is 280 g/mol. The molecule has 0 unspecified atom stereocenters. The molecule has 0 saturated heterocycles. The monoisotopic (exact) mass is 280 g/mol. The van der Waals surface area contributed by atoms with E-state index in [1.807, 2.05) is 24.3 Å². The van der Waals surface area contributed by atoms with E-state index >= 15 is 0 Å². The van der Waals surface area contributed by atoms with Gasteiger partial charge in [-0.1, -0.05) is 29.8 Å². The Bertz CT molecular complexity index is 778. The molecule has 0 N–H and O–H groups in total. The second-order valence-corrected chi connectivity index (χ2v) is 4.91. The molecule has 2 aromatic carbocycles. The minimum atomic E-state index is 0.501. The predicted molar refractivity (Wildman–Crippen MR) is 81.2 cm³/mol. The molecule has 4 nitrogen and oxygen atoms in total. The summed E-state index contributed by atoms with van der Waals surface area (Å²) in [7, 11) is 1.66. The molecule has 21 heavy (non-hydrogen) atoms. The van der Waals surface area contributed by atoms with Gasteiger partial charge in [0.05, 0.1) is 7.11 Å². The number of rotatable bonds is 3. The van der Waals surface area contributed by atoms with E-state index in [4.69, 9.17) is 9.15 Å². The van der Waals surface area contributed by atoms with E-state index in [9.17, 15) is 0 Å². The van der Waals surface area contributed by atoms with E-state index in [0.717, 1.165) is 22.4 Å². The Labute approximate surface area is 123 Å². The summed E-state index contributed by atoms with van der Waals surface area (Å²) in [5, 5.41) is 7.89. The highest BCUT2D eigenvalue weighted by molar-refractivity contribution is 5.74. The molecule has 3 aromatic rings. The van der Waals surface area contributed by atoms with Crippen LogP contribution >= 0.6 is 0 Å². The molecular weight excluding hydrogens is 264 g/mol. The van der Waals surface area contributed by atoms with Gasteiger partial charge in [0.15, 0.2) is 0 Å². The van der Waals surface area contributed by atoms with Crippen LogP contribution in [0.4, 0.5) is 0 Å². The van der Waals surface area contributed by atoms with Crippen LogP contribution in [0.15, 0.2) is 46.9 Å². The third kappa shape index (κ3) is 2.65. The maximum Gasteiger partial charge on any atom is 0.247 e. The Kier molecular flexibility index (Phi) is 3.44. The number of hydrogen-bond acceptors (Lipinski definition) is 4. The molecule has 0 aliphatic heterocycles. The highest BCUT2D eigenvalue weighted by Crippen LogP contribution is 2.34. The molecule has 0 atom stereocenters. The second kappa shape index (κ2) is 5.40. The smallest absolute Gasteiger partial charge is 0.247 e. The van der Waals surface area contributed by atoms with Gasteiger partial charge in [0.25, 0.3) is 0 Å². The molecule has 0 fully saturated rings. The van der Waals surface area contributed by atoms with Crippen molar-refractivity contribution < 1.29 is 9.15 Å². The van der Waals surface area contributed by atoms with Gasteiger partial charge in [-0.3, -0.25) is 0 Å². The van der Waals surface area contributed by atoms with Crippen molar-refractivity contribution >= 4 is 0 Å². The van der Waals surface area contributed by atoms with Gasteiger partial charge in [-0.15, -0.1) is 10.2 Å². The fourth-order valence-electron chi connectivity index (χ4n) is 2.29. The van der Waals surface area contributed by atoms with Crippen molar-refractivity contribution in [2.45, 2.75) is 13.8 Å². The number of methoxy groups -OCH3 is 1. The SMILES string of the molecule is COc1cc(-c2nnc(C)o2)ccc1-c1cccc(C)c1. The van der Waals surface area contributed by atoms with Crippen LogP contribution in [0.2, 0.25) is 0 Å². The average Bonchev–Trinajstić information content (AvgIpc) is 2.93. The number of ether oxygens (including phenoxy) is 1. The van der Waals surface area contributed by atoms with Crippen LogP contribution in [0.1, 0.15) is 11.5 Å². The summed E-state index contributed by atoms with van der Waals surface area (Å²) in [4.78, 5) is 0. The summed E-state index contributed by atoms with van der Waals surface area (Å²) in [6, 6.07) is 14.2. The molecule has 1 aromatic heterocycles. The molecule has 0 bridgehead atoms. The van der Waals surface area contributed by atoms with Crippen LogP contribution in [0.25, 0.3) is 22.6 Å². The summed E-state index contributed by atoms with van der Waals surface area (Å²) in [5.41, 5.74) is 4.23. The molecule has 0 aliphatic carbocycles. The van der Waals surface area contributed by atoms with Crippen LogP contribution in [-0.2, 0) is 0 Å². The number of hydrogen-bond donors (Lipinski definition) is 0. The van der Waals surface area contributed by atoms with E-state index in [1.54, 1.807) is 14.0 Å². The molecule has 0 spiro atoms. The van der Waals surface area contributed by atoms with Gasteiger partial charge in [0.2, 0.25) is 11.8 Å². The maximum atomic E-state index is 5.52. The lowest BCUT2D eigenvalue weighted by Gasteiger charge is -2.10. The standard InChI is InChI=1S/C17H16N2O2/c1-11-5-4-6-13(9-11)15-8-7-14(10-16(15)20-3)17-19-18-12(2)21-17/h4-10H,1-3H3. The first kappa shape index (κ1) is 13.4. The van der Waals surface area contributed by atoms with Gasteiger partial charge in [-0.2, -0.15) is 0 Å². The van der Waals surface area contributed by atoms with Crippen molar-refractivity contribution in [3.05, 3.63) is 53.9 Å². The van der Waals surface area contributed by atoms with Gasteiger partial charge >= 0.3 is 0 Å². The molecule has 0 radical (unpaired) electrons. The third-order valence-electron chi connectivity index (χ3n) is 3.30. The molecule has 3 rings (SSSR count). The maximum absolute atomic E-state index is 5.52. The zero-order valence-electron chi connectivity index (χ0n) is 12.3. The molecule has 1 heterocycles. The lowest BCUT2D eigenvalue weighted by molar-refractivity contribution is 0.416. The zero-order chi connectivity index (χ0) is 14.8. The van der Waals surface area contributed by atoms with Crippen LogP contribution in [0.3, 0.4) is 0 Å². The second-order valence-electron chi connectivity index (χ2n) is 4.91. The van der Waals surface area contributed by atoms with E-state index in [0.29, 0.717) is 11.8 Å². The van der Waals surface area contributed by atoms with E-state index in [-0.39, 0.29) is 0 Å². The number of benzene rings is 2. The van der Waals surface area contributed by atoms with E-state index in [1.165, 1.54) is 5.56 Å². The van der Waals surface area contributed by atoms with Crippen LogP contribution in [0.5, 0.6) is 5.75 Å². The van der Waals surface area contributed by atoms with Gasteiger partial charge in [0, 0.05) is 18.1 Å². The van der Waals surface area contributed by atoms with Gasteiger partial charge in [0.1, 0.15) is 5.75 Å². The molecule has 0 saturated carbocycles. The largest absolute Gasteiger partial charge is 0.496 e. The van der Waals surface area contributed by atoms with Gasteiger partial charge in [-0.25, -0.2) is 0 Å². The van der Waals surface area contributed by atoms with Crippen LogP contribution < -0.4 is 4.74 Å². The minimum absolute atomic E-state index is 0.501. The van der Waals surface area contributed by atoms with Crippen molar-refractivity contribution in [1.82, 2.24) is 10.2 Å². The first-order valence-electron chi connectivity index (χ1n) is 6.73. The first-order valence-corrected chi connectivity index (χ1v) is 6.73. The summed E-state index contributed by atoms with van der Waals surface area (Å²) < 4.78 is 11.0. The van der Waals surface area contributed by atoms with Crippen molar-refractivity contribution in [1.29, 1.82) is 0 Å². The van der Waals surface area contributed by atoms with E-state index < -0.39 is 0 Å². The summed E-state index contributed by atoms with van der Waals surface area (Å²) >= 11 is 0. The number of nitrogens with zero attached hydrogens (tertiary/aromatic N) is 2. The first-order chi connectivity index (χ1) is 10.2. The Morgan fingerprint density at radius 3 is 2.48 bits per heavy atom. The van der Waals surface area contributed by atoms with Crippen LogP contribution in [-0.4, -0.2) is 17.3 Å². The van der Waals surface area contributed by atoms with Crippen molar-refractivity contribution in [3.8, 4) is 28.3 Å². The molecule has 0 aliphatic rings. The zero-order valence-corrected chi connectivity index (χ0v) is 12.3. The fourth-order valence-corrected chi connectivity index (χ4v) is 2.29. The topological polar surface area (TPSA) is 48.2 Å². The highest BCUT2D eigenvalue weighted by atomic mass is 16.5. The van der Waals surface area contributed by atoms with Gasteiger partial charge in [-0.05, 0) is 30.7 Å². The number of aromatic nitrogens is 2. The lowest BCUT2D eigenvalue weighted by Crippen LogP contribution is -1.90. The fraction of sp³-hybridized carbons (Fsp3) is 0.176. The van der Waals surface area contributed by atoms with E-state index in [2.05, 4.69) is 35.3 Å². The summed E-state index contributed by atoms with van der Waals surface area (Å²) in [6.45, 7) is 3.85. The van der Waals surface area contributed by atoms with Gasteiger partial charge < -0.3 is 9.15 Å². The van der Waals surface area contributed by atoms with Crippen molar-refractivity contribution in [2.24, 2.45) is 0 Å². The quantitative estimate of drug-likeness (QED) is 0.726. The highest BCUT2D eigenvalue weighted by Gasteiger charge is 2.11. The van der Waals surface area contributed by atoms with Crippen molar-refractivity contribution in [3.63, 3.8) is 0 Å². The molecule has 106 valence electrons. The number of aryl methyl sites for hydroxylation is 2. The lowest BCUT2D eigenvalue weighted by atomic mass is 10.0. The Morgan fingerprint density at radius 2 is 1.81 bits per heavy atom. The molecule has 4 heteroatoms. The normalized spacial score (nSPS) is 10.6. The van der Waals surface area contributed by atoms with Crippen molar-refractivity contribution in [2.75, 3.05) is 7.11 Å². The van der Waals surface area contributed by atoms with Crippen LogP contribution in [0, 0.1) is 13.8 Å². The third-order valence-corrected chi connectivity index (χ3v) is 3.30. The summed E-state index contributed by atoms with van der Waals surface area (Å²) in [5.74, 6) is 1.84. The molecule has 0 amide bonds. The summed E-state index contributed by atoms with van der Waals surface area (Å²) in [6.07, 6.45) is 0. The predicted octanol–water partition coefficient (Wildman–Crippen LogP) is 4.03. The molecular formula is C17H16N2O2. The Morgan fingerprint density at radius 1 is 0.952 bits per heavy atom. The minimum Gasteiger partial charge on any atom is -0.496 e.